The lowest BCUT2D eigenvalue weighted by Crippen LogP contribution is -2.60. The molecule has 2 bridgehead atoms. The molecule has 2 saturated heterocycles. The SMILES string of the molecule is COc1ccc(C2CC3CCC(C)C(O)(O3)C(=O)C(=O)N3CCCCC3C(=O)OC(C(C)CC3CCC(O)C(OC)C3)CC(O)C(C)/C=C(\C)C(O)C(OC)C(O)C(C)CC(C)/C=C/C=C/C=C/2C)c(OC)c1. The maximum Gasteiger partial charge on any atom is 0.329 e. The Morgan fingerprint density at radius 1 is 0.808 bits per heavy atom. The first kappa shape index (κ1) is 59.9. The first-order chi connectivity index (χ1) is 34.7. The summed E-state index contributed by atoms with van der Waals surface area (Å²) in [5, 5.41) is 58.0. The Morgan fingerprint density at radius 3 is 2.23 bits per heavy atom. The summed E-state index contributed by atoms with van der Waals surface area (Å²) in [6.07, 6.45) is 10.8. The summed E-state index contributed by atoms with van der Waals surface area (Å²) in [5.74, 6) is -6.05. The van der Waals surface area contributed by atoms with Crippen molar-refractivity contribution in [1.82, 2.24) is 4.90 Å². The van der Waals surface area contributed by atoms with Gasteiger partial charge in [-0.25, -0.2) is 4.79 Å². The summed E-state index contributed by atoms with van der Waals surface area (Å²) in [6.45, 7) is 13.3. The van der Waals surface area contributed by atoms with Crippen LogP contribution >= 0.6 is 0 Å². The van der Waals surface area contributed by atoms with Crippen LogP contribution in [0.3, 0.4) is 0 Å². The number of benzene rings is 1. The van der Waals surface area contributed by atoms with Crippen LogP contribution < -0.4 is 9.47 Å². The summed E-state index contributed by atoms with van der Waals surface area (Å²) in [5.41, 5.74) is 2.29. The largest absolute Gasteiger partial charge is 0.497 e. The second-order valence-electron chi connectivity index (χ2n) is 21.9. The molecule has 15 nitrogen and oxygen atoms in total. The molecule has 73 heavy (non-hydrogen) atoms. The Labute approximate surface area is 435 Å². The monoisotopic (exact) mass is 1020 g/mol. The quantitative estimate of drug-likeness (QED) is 0.0968. The standard InChI is InChI=1S/C58H89NO14/c1-34-17-13-12-14-18-35(2)45(44-24-23-42(68-8)32-50(44)69-9)31-43-22-20-40(7)58(67,73-43)55(64)56(65)59-26-16-15-19-46(59)57(66)72-49(37(4)29-41-21-25-47(60)51(30-41)70-10)33-48(61)36(3)28-39(6)53(63)54(71-11)52(62)38(5)27-34/h12-14,17-18,23-24,28,32,34,36-38,40-41,43,45-49,51-54,60-63,67H,15-16,19-22,25-27,29-31,33H2,1-11H3/b14-12+,17-13+,35-18+,39-28+. The van der Waals surface area contributed by atoms with Crippen molar-refractivity contribution in [2.75, 3.05) is 35.0 Å². The molecule has 1 saturated carbocycles. The molecule has 4 aliphatic rings. The van der Waals surface area contributed by atoms with Crippen LogP contribution in [0, 0.1) is 35.5 Å². The third-order valence-electron chi connectivity index (χ3n) is 16.5. The van der Waals surface area contributed by atoms with E-state index in [0.717, 1.165) is 17.6 Å². The fourth-order valence-corrected chi connectivity index (χ4v) is 11.7. The van der Waals surface area contributed by atoms with Gasteiger partial charge in [-0.3, -0.25) is 9.59 Å². The summed E-state index contributed by atoms with van der Waals surface area (Å²) >= 11 is 0. The highest BCUT2D eigenvalue weighted by Crippen LogP contribution is 2.43. The van der Waals surface area contributed by atoms with E-state index in [1.54, 1.807) is 41.3 Å². The highest BCUT2D eigenvalue weighted by molar-refractivity contribution is 6.39. The third-order valence-corrected chi connectivity index (χ3v) is 16.5. The number of carbonyl (C=O) groups is 3. The molecule has 1 aromatic carbocycles. The fourth-order valence-electron chi connectivity index (χ4n) is 11.7. The number of aliphatic hydroxyl groups excluding tert-OH is 4. The van der Waals surface area contributed by atoms with Crippen molar-refractivity contribution in [3.63, 3.8) is 0 Å². The normalized spacial score (nSPS) is 39.2. The van der Waals surface area contributed by atoms with Crippen molar-refractivity contribution in [1.29, 1.82) is 0 Å². The molecular weight excluding hydrogens is 935 g/mol. The van der Waals surface area contributed by atoms with Crippen molar-refractivity contribution in [3.8, 4) is 11.5 Å². The highest BCUT2D eigenvalue weighted by Gasteiger charge is 2.53. The van der Waals surface area contributed by atoms with E-state index in [-0.39, 0.29) is 55.1 Å². The van der Waals surface area contributed by atoms with Gasteiger partial charge in [-0.05, 0) is 120 Å². The highest BCUT2D eigenvalue weighted by atomic mass is 16.6. The molecule has 15 heteroatoms. The maximum absolute atomic E-state index is 14.6. The average molecular weight is 1020 g/mol. The Kier molecular flexibility index (Phi) is 22.8. The van der Waals surface area contributed by atoms with E-state index in [1.807, 2.05) is 70.2 Å². The molecule has 5 rings (SSSR count). The second kappa shape index (κ2) is 27.7. The zero-order valence-corrected chi connectivity index (χ0v) is 45.5. The molecule has 410 valence electrons. The van der Waals surface area contributed by atoms with Gasteiger partial charge < -0.3 is 58.9 Å². The van der Waals surface area contributed by atoms with E-state index in [0.29, 0.717) is 74.9 Å². The van der Waals surface area contributed by atoms with Gasteiger partial charge in [0, 0.05) is 56.6 Å². The number of hydrogen-bond donors (Lipinski definition) is 5. The number of aliphatic hydroxyl groups is 5. The van der Waals surface area contributed by atoms with E-state index in [4.69, 9.17) is 28.4 Å². The number of methoxy groups -OCH3 is 4. The molecule has 1 amide bonds. The fraction of sp³-hybridized carbons (Fsp3) is 0.707. The van der Waals surface area contributed by atoms with E-state index >= 15 is 0 Å². The van der Waals surface area contributed by atoms with Crippen LogP contribution in [0.1, 0.15) is 137 Å². The number of cyclic esters (lactones) is 1. The number of fused-ring (bicyclic) bond motifs is 3. The van der Waals surface area contributed by atoms with E-state index in [1.165, 1.54) is 12.0 Å². The number of nitrogens with zero attached hydrogens (tertiary/aromatic N) is 1. The lowest BCUT2D eigenvalue weighted by atomic mass is 9.78. The molecule has 3 aliphatic heterocycles. The number of Topliss-reactive ketones (excluding diaryl/α,β-unsaturated/α-hetero) is 1. The summed E-state index contributed by atoms with van der Waals surface area (Å²) in [7, 11) is 6.21. The van der Waals surface area contributed by atoms with Crippen molar-refractivity contribution < 1.29 is 68.3 Å². The van der Waals surface area contributed by atoms with Crippen molar-refractivity contribution in [3.05, 3.63) is 71.4 Å². The molecule has 17 atom stereocenters. The molecule has 5 N–H and O–H groups in total. The van der Waals surface area contributed by atoms with Crippen LogP contribution in [0.15, 0.2) is 65.8 Å². The molecule has 0 radical (unpaired) electrons. The zero-order valence-electron chi connectivity index (χ0n) is 45.5. The molecular formula is C58H89NO14. The van der Waals surface area contributed by atoms with Gasteiger partial charge in [-0.1, -0.05) is 82.7 Å². The number of allylic oxidation sites excluding steroid dienone is 6. The number of hydrogen-bond acceptors (Lipinski definition) is 14. The Morgan fingerprint density at radius 2 is 1.55 bits per heavy atom. The Balaban J connectivity index is 1.53. The van der Waals surface area contributed by atoms with Crippen LogP contribution in [-0.4, -0.2) is 144 Å². The first-order valence-electron chi connectivity index (χ1n) is 26.8. The minimum absolute atomic E-state index is 0.0229. The van der Waals surface area contributed by atoms with Gasteiger partial charge in [0.25, 0.3) is 11.7 Å². The van der Waals surface area contributed by atoms with Crippen LogP contribution in [0.25, 0.3) is 0 Å². The van der Waals surface area contributed by atoms with Crippen LogP contribution in [0.4, 0.5) is 0 Å². The maximum atomic E-state index is 14.6. The first-order valence-corrected chi connectivity index (χ1v) is 26.8. The van der Waals surface area contributed by atoms with Gasteiger partial charge in [0.2, 0.25) is 5.79 Å². The molecule has 1 aliphatic carbocycles. The third kappa shape index (κ3) is 15.4. The van der Waals surface area contributed by atoms with Gasteiger partial charge in [0.05, 0.1) is 44.7 Å². The molecule has 3 fully saturated rings. The van der Waals surface area contributed by atoms with E-state index in [2.05, 4.69) is 13.0 Å². The number of rotatable bonds is 8. The van der Waals surface area contributed by atoms with Gasteiger partial charge in [-0.2, -0.15) is 0 Å². The van der Waals surface area contributed by atoms with E-state index in [9.17, 15) is 39.9 Å². The van der Waals surface area contributed by atoms with Gasteiger partial charge >= 0.3 is 5.97 Å². The average Bonchev–Trinajstić information content (AvgIpc) is 3.38. The Hall–Kier alpha value is -3.93. The number of ether oxygens (including phenoxy) is 6. The minimum Gasteiger partial charge on any atom is -0.497 e. The predicted molar refractivity (Wildman–Crippen MR) is 279 cm³/mol. The summed E-state index contributed by atoms with van der Waals surface area (Å²) in [6, 6.07) is 4.46. The van der Waals surface area contributed by atoms with Crippen LogP contribution in [0.2, 0.25) is 0 Å². The second-order valence-corrected chi connectivity index (χ2v) is 21.9. The van der Waals surface area contributed by atoms with Gasteiger partial charge in [-0.15, -0.1) is 0 Å². The number of amides is 1. The molecule has 0 aromatic heterocycles. The van der Waals surface area contributed by atoms with Crippen LogP contribution in [0.5, 0.6) is 11.5 Å². The molecule has 1 aromatic rings. The minimum atomic E-state index is -2.47. The summed E-state index contributed by atoms with van der Waals surface area (Å²) < 4.78 is 35.5. The summed E-state index contributed by atoms with van der Waals surface area (Å²) in [4.78, 5) is 44.9. The van der Waals surface area contributed by atoms with Crippen molar-refractivity contribution >= 4 is 17.7 Å². The Bertz CT molecular complexity index is 2090. The smallest absolute Gasteiger partial charge is 0.329 e. The van der Waals surface area contributed by atoms with Crippen molar-refractivity contribution in [2.24, 2.45) is 35.5 Å². The number of ketones is 1. The molecule has 3 heterocycles. The number of carbonyl (C=O) groups excluding carboxylic acids is 3. The predicted octanol–water partition coefficient (Wildman–Crippen LogP) is 7.55. The van der Waals surface area contributed by atoms with Crippen molar-refractivity contribution in [2.45, 2.75) is 192 Å². The molecule has 17 unspecified atom stereocenters. The van der Waals surface area contributed by atoms with Gasteiger partial charge in [0.1, 0.15) is 35.9 Å². The topological polar surface area (TPSA) is 211 Å². The lowest BCUT2D eigenvalue weighted by molar-refractivity contribution is -0.264. The number of piperidine rings is 1. The van der Waals surface area contributed by atoms with Crippen LogP contribution in [-0.2, 0) is 33.3 Å². The van der Waals surface area contributed by atoms with E-state index < -0.39 is 84.1 Å². The van der Waals surface area contributed by atoms with Gasteiger partial charge in [0.15, 0.2) is 0 Å². The molecule has 0 spiro atoms. The zero-order chi connectivity index (χ0) is 53.7. The lowest BCUT2D eigenvalue weighted by Gasteiger charge is -2.43. The number of esters is 1.